The van der Waals surface area contributed by atoms with Crippen molar-refractivity contribution in [2.75, 3.05) is 7.11 Å². The maximum absolute atomic E-state index is 12.5. The van der Waals surface area contributed by atoms with E-state index in [0.29, 0.717) is 16.8 Å². The highest BCUT2D eigenvalue weighted by atomic mass is 35.5. The molecule has 0 saturated heterocycles. The zero-order chi connectivity index (χ0) is 20.8. The number of hydrogen-bond donors (Lipinski definition) is 1. The molecule has 0 radical (unpaired) electrons. The number of nitrogens with one attached hydrogen (secondary N) is 1. The van der Waals surface area contributed by atoms with E-state index in [1.54, 1.807) is 25.3 Å². The van der Waals surface area contributed by atoms with Crippen molar-refractivity contribution in [3.8, 4) is 5.75 Å². The second-order valence-electron chi connectivity index (χ2n) is 6.22. The first kappa shape index (κ1) is 20.4. The van der Waals surface area contributed by atoms with Gasteiger partial charge in [0.15, 0.2) is 0 Å². The molecule has 2 aromatic carbocycles. The largest absolute Gasteiger partial charge is 0.497 e. The number of rotatable bonds is 6. The number of hydrogen-bond acceptors (Lipinski definition) is 5. The Kier molecular flexibility index (Phi) is 6.46. The second-order valence-corrected chi connectivity index (χ2v) is 6.58. The number of nitrogens with zero attached hydrogens (tertiary/aromatic N) is 1. The molecule has 3 rings (SSSR count). The summed E-state index contributed by atoms with van der Waals surface area (Å²) in [6, 6.07) is 16.4. The van der Waals surface area contributed by atoms with Gasteiger partial charge in [0.2, 0.25) is 5.91 Å². The van der Waals surface area contributed by atoms with Crippen molar-refractivity contribution in [2.24, 2.45) is 0 Å². The van der Waals surface area contributed by atoms with Crippen LogP contribution in [0.25, 0.3) is 17.0 Å². The Morgan fingerprint density at radius 3 is 2.59 bits per heavy atom. The molecule has 1 amide bonds. The number of aromatic nitrogens is 1. The number of carbonyl (C=O) groups excluding carboxylic acids is 2. The highest BCUT2D eigenvalue weighted by Crippen LogP contribution is 2.25. The lowest BCUT2D eigenvalue weighted by molar-refractivity contribution is -0.141. The number of halogens is 1. The summed E-state index contributed by atoms with van der Waals surface area (Å²) >= 11 is 6.25. The first-order valence-electron chi connectivity index (χ1n) is 8.81. The number of carbonyl (C=O) groups is 2. The lowest BCUT2D eigenvalue weighted by Crippen LogP contribution is -2.26. The summed E-state index contributed by atoms with van der Waals surface area (Å²) in [7, 11) is 1.58. The molecule has 1 N–H and O–H groups in total. The van der Waals surface area contributed by atoms with Crippen molar-refractivity contribution >= 4 is 40.5 Å². The van der Waals surface area contributed by atoms with Gasteiger partial charge in [-0.2, -0.15) is 0 Å². The zero-order valence-electron chi connectivity index (χ0n) is 15.9. The van der Waals surface area contributed by atoms with E-state index in [4.69, 9.17) is 21.1 Å². The Morgan fingerprint density at radius 1 is 1.14 bits per heavy atom. The van der Waals surface area contributed by atoms with Crippen LogP contribution in [0.4, 0.5) is 0 Å². The second kappa shape index (κ2) is 9.21. The van der Waals surface area contributed by atoms with Gasteiger partial charge in [0.1, 0.15) is 23.2 Å². The first-order valence-corrected chi connectivity index (χ1v) is 9.18. The average molecular weight is 411 g/mol. The number of esters is 1. The number of amides is 1. The highest BCUT2D eigenvalue weighted by Gasteiger charge is 2.15. The van der Waals surface area contributed by atoms with Gasteiger partial charge in [-0.1, -0.05) is 41.9 Å². The van der Waals surface area contributed by atoms with Crippen molar-refractivity contribution in [3.63, 3.8) is 0 Å². The van der Waals surface area contributed by atoms with Crippen LogP contribution in [0.3, 0.4) is 0 Å². The van der Waals surface area contributed by atoms with Crippen LogP contribution in [0.1, 0.15) is 18.1 Å². The third-order valence-electron chi connectivity index (χ3n) is 4.05. The lowest BCUT2D eigenvalue weighted by atomic mass is 10.1. The summed E-state index contributed by atoms with van der Waals surface area (Å²) in [5.74, 6) is -0.371. The van der Waals surface area contributed by atoms with E-state index < -0.39 is 5.97 Å². The number of methoxy groups -OCH3 is 1. The van der Waals surface area contributed by atoms with Gasteiger partial charge in [0, 0.05) is 23.9 Å². The average Bonchev–Trinajstić information content (AvgIpc) is 2.71. The minimum Gasteiger partial charge on any atom is -0.497 e. The summed E-state index contributed by atoms with van der Waals surface area (Å²) < 4.78 is 10.6. The van der Waals surface area contributed by atoms with Gasteiger partial charge in [-0.3, -0.25) is 4.79 Å². The number of fused-ring (bicyclic) bond motifs is 1. The van der Waals surface area contributed by atoms with Gasteiger partial charge in [0.05, 0.1) is 12.6 Å². The normalized spacial score (nSPS) is 11.2. The summed E-state index contributed by atoms with van der Waals surface area (Å²) in [6.07, 6.45) is 1.55. The Labute approximate surface area is 173 Å². The molecule has 0 unspecified atom stereocenters. The van der Waals surface area contributed by atoms with Crippen molar-refractivity contribution in [2.45, 2.75) is 13.5 Å². The predicted molar refractivity (Wildman–Crippen MR) is 111 cm³/mol. The fourth-order valence-electron chi connectivity index (χ4n) is 2.67. The molecule has 0 aliphatic rings. The third-order valence-corrected chi connectivity index (χ3v) is 4.38. The molecule has 0 aliphatic carbocycles. The van der Waals surface area contributed by atoms with E-state index in [2.05, 4.69) is 10.3 Å². The van der Waals surface area contributed by atoms with Crippen LogP contribution >= 0.6 is 11.6 Å². The predicted octanol–water partition coefficient (Wildman–Crippen LogP) is 4.12. The topological polar surface area (TPSA) is 77.5 Å². The van der Waals surface area contributed by atoms with Crippen LogP contribution in [-0.2, 0) is 20.9 Å². The van der Waals surface area contributed by atoms with Gasteiger partial charge in [-0.25, -0.2) is 9.78 Å². The van der Waals surface area contributed by atoms with Crippen molar-refractivity contribution in [1.29, 1.82) is 0 Å². The SMILES string of the molecule is COc1ccc2cc(COC(=O)/C(=C/c3ccccc3)NC(C)=O)c(Cl)nc2c1. The lowest BCUT2D eigenvalue weighted by Gasteiger charge is -2.11. The van der Waals surface area contributed by atoms with Gasteiger partial charge in [-0.05, 0) is 29.8 Å². The van der Waals surface area contributed by atoms with E-state index in [1.807, 2.05) is 42.5 Å². The van der Waals surface area contributed by atoms with Crippen LogP contribution in [0.15, 0.2) is 60.3 Å². The number of benzene rings is 2. The van der Waals surface area contributed by atoms with Gasteiger partial charge < -0.3 is 14.8 Å². The van der Waals surface area contributed by atoms with Crippen molar-refractivity contribution in [3.05, 3.63) is 76.6 Å². The Morgan fingerprint density at radius 2 is 1.90 bits per heavy atom. The summed E-state index contributed by atoms with van der Waals surface area (Å²) in [5, 5.41) is 3.57. The molecule has 0 atom stereocenters. The summed E-state index contributed by atoms with van der Waals surface area (Å²) in [6.45, 7) is 1.24. The molecule has 6 nitrogen and oxygen atoms in total. The van der Waals surface area contributed by atoms with E-state index >= 15 is 0 Å². The fourth-order valence-corrected chi connectivity index (χ4v) is 2.87. The van der Waals surface area contributed by atoms with Crippen molar-refractivity contribution in [1.82, 2.24) is 10.3 Å². The molecule has 0 fully saturated rings. The zero-order valence-corrected chi connectivity index (χ0v) is 16.7. The van der Waals surface area contributed by atoms with E-state index in [9.17, 15) is 9.59 Å². The fraction of sp³-hybridized carbons (Fsp3) is 0.136. The van der Waals surface area contributed by atoms with Gasteiger partial charge in [-0.15, -0.1) is 0 Å². The van der Waals surface area contributed by atoms with E-state index in [0.717, 1.165) is 10.9 Å². The quantitative estimate of drug-likeness (QED) is 0.376. The maximum Gasteiger partial charge on any atom is 0.355 e. The minimum absolute atomic E-state index is 0.0401. The molecule has 0 spiro atoms. The van der Waals surface area contributed by atoms with E-state index in [1.165, 1.54) is 6.92 Å². The molecule has 148 valence electrons. The standard InChI is InChI=1S/C22H19ClN2O4/c1-14(26)24-20(10-15-6-4-3-5-7-15)22(27)29-13-17-11-16-8-9-18(28-2)12-19(16)25-21(17)23/h3-12H,13H2,1-2H3,(H,24,26)/b20-10-. The van der Waals surface area contributed by atoms with Crippen LogP contribution in [0.2, 0.25) is 5.15 Å². The smallest absolute Gasteiger partial charge is 0.355 e. The molecular weight excluding hydrogens is 392 g/mol. The Balaban J connectivity index is 1.79. The molecule has 3 aromatic rings. The van der Waals surface area contributed by atoms with Crippen LogP contribution in [0.5, 0.6) is 5.75 Å². The first-order chi connectivity index (χ1) is 14.0. The molecule has 1 heterocycles. The van der Waals surface area contributed by atoms with Crippen LogP contribution in [-0.4, -0.2) is 24.0 Å². The molecule has 1 aromatic heterocycles. The Bertz CT molecular complexity index is 1080. The molecule has 29 heavy (non-hydrogen) atoms. The van der Waals surface area contributed by atoms with E-state index in [-0.39, 0.29) is 23.4 Å². The number of ether oxygens (including phenoxy) is 2. The summed E-state index contributed by atoms with van der Waals surface area (Å²) in [4.78, 5) is 28.3. The van der Waals surface area contributed by atoms with Crippen LogP contribution in [0, 0.1) is 0 Å². The molecule has 0 saturated carbocycles. The van der Waals surface area contributed by atoms with Crippen molar-refractivity contribution < 1.29 is 19.1 Å². The molecule has 0 aliphatic heterocycles. The minimum atomic E-state index is -0.671. The van der Waals surface area contributed by atoms with Crippen LogP contribution < -0.4 is 10.1 Å². The monoisotopic (exact) mass is 410 g/mol. The summed E-state index contributed by atoms with van der Waals surface area (Å²) in [5.41, 5.74) is 2.03. The van der Waals surface area contributed by atoms with Gasteiger partial charge >= 0.3 is 5.97 Å². The molecular formula is C22H19ClN2O4. The maximum atomic E-state index is 12.5. The third kappa shape index (κ3) is 5.33. The highest BCUT2D eigenvalue weighted by molar-refractivity contribution is 6.30. The molecule has 0 bridgehead atoms. The molecule has 7 heteroatoms. The number of pyridine rings is 1. The van der Waals surface area contributed by atoms with Gasteiger partial charge in [0.25, 0.3) is 0 Å². The Hall–Kier alpha value is -3.38.